The average molecular weight is 339 g/mol. The molecular formula is C19H17NO5. The van der Waals surface area contributed by atoms with Crippen LogP contribution in [0.2, 0.25) is 0 Å². The molecule has 6 heteroatoms. The van der Waals surface area contributed by atoms with Gasteiger partial charge in [0.2, 0.25) is 0 Å². The Hall–Kier alpha value is -3.28. The summed E-state index contributed by atoms with van der Waals surface area (Å²) in [6.07, 6.45) is 1.91. The van der Waals surface area contributed by atoms with Crippen LogP contribution in [0.4, 0.5) is 0 Å². The Bertz CT molecular complexity index is 928. The topological polar surface area (TPSA) is 77.6 Å². The number of hydrogen-bond acceptors (Lipinski definition) is 5. The van der Waals surface area contributed by atoms with E-state index >= 15 is 0 Å². The van der Waals surface area contributed by atoms with Crippen molar-refractivity contribution in [2.75, 3.05) is 14.2 Å². The van der Waals surface area contributed by atoms with Gasteiger partial charge in [0.15, 0.2) is 11.5 Å². The number of methoxy groups -OCH3 is 2. The second-order valence-electron chi connectivity index (χ2n) is 5.37. The third-order valence-electron chi connectivity index (χ3n) is 3.82. The molecule has 0 saturated carbocycles. The summed E-state index contributed by atoms with van der Waals surface area (Å²) >= 11 is 0. The molecule has 0 spiro atoms. The van der Waals surface area contributed by atoms with E-state index in [4.69, 9.17) is 9.47 Å². The minimum Gasteiger partial charge on any atom is -0.493 e. The van der Waals surface area contributed by atoms with Gasteiger partial charge in [-0.3, -0.25) is 4.79 Å². The fraction of sp³-hybridized carbons (Fsp3) is 0.158. The van der Waals surface area contributed by atoms with Crippen LogP contribution in [0.5, 0.6) is 11.5 Å². The molecule has 0 aliphatic rings. The van der Waals surface area contributed by atoms with Gasteiger partial charge in [0, 0.05) is 17.1 Å². The van der Waals surface area contributed by atoms with Crippen LogP contribution in [-0.2, 0) is 16.0 Å². The minimum absolute atomic E-state index is 0.117. The fourth-order valence-electron chi connectivity index (χ4n) is 2.59. The number of H-pyrrole nitrogens is 1. The SMILES string of the molecule is COC(=O)c1ccc(OC(=O)Cc2c[nH]c3ccccc23)c(OC)c1. The summed E-state index contributed by atoms with van der Waals surface area (Å²) in [6, 6.07) is 12.2. The maximum atomic E-state index is 12.3. The first kappa shape index (κ1) is 16.6. The zero-order valence-corrected chi connectivity index (χ0v) is 13.9. The molecule has 0 saturated heterocycles. The van der Waals surface area contributed by atoms with Gasteiger partial charge in [0.25, 0.3) is 0 Å². The number of rotatable bonds is 5. The predicted molar refractivity (Wildman–Crippen MR) is 92.0 cm³/mol. The van der Waals surface area contributed by atoms with E-state index in [1.807, 2.05) is 24.3 Å². The second-order valence-corrected chi connectivity index (χ2v) is 5.37. The first-order valence-corrected chi connectivity index (χ1v) is 7.64. The standard InChI is InChI=1S/C19H17NO5/c1-23-17-9-12(19(22)24-2)7-8-16(17)25-18(21)10-13-11-20-15-6-4-3-5-14(13)15/h3-9,11,20H,10H2,1-2H3. The van der Waals surface area contributed by atoms with Crippen molar-refractivity contribution in [3.05, 3.63) is 59.8 Å². The number of benzene rings is 2. The molecule has 0 aliphatic carbocycles. The molecule has 0 amide bonds. The van der Waals surface area contributed by atoms with Crippen molar-refractivity contribution in [2.24, 2.45) is 0 Å². The van der Waals surface area contributed by atoms with Crippen LogP contribution in [0, 0.1) is 0 Å². The van der Waals surface area contributed by atoms with Gasteiger partial charge < -0.3 is 19.2 Å². The van der Waals surface area contributed by atoms with E-state index in [0.717, 1.165) is 16.5 Å². The molecular weight excluding hydrogens is 322 g/mol. The summed E-state index contributed by atoms with van der Waals surface area (Å²) < 4.78 is 15.3. The number of aromatic nitrogens is 1. The number of hydrogen-bond donors (Lipinski definition) is 1. The molecule has 1 aromatic heterocycles. The molecule has 1 heterocycles. The van der Waals surface area contributed by atoms with Crippen LogP contribution in [0.25, 0.3) is 10.9 Å². The van der Waals surface area contributed by atoms with E-state index in [9.17, 15) is 9.59 Å². The predicted octanol–water partition coefficient (Wildman–Crippen LogP) is 3.11. The Morgan fingerprint density at radius 1 is 1.04 bits per heavy atom. The minimum atomic E-state index is -0.491. The lowest BCUT2D eigenvalue weighted by Gasteiger charge is -2.10. The highest BCUT2D eigenvalue weighted by molar-refractivity contribution is 5.91. The molecule has 3 rings (SSSR count). The second kappa shape index (κ2) is 7.09. The van der Waals surface area contributed by atoms with Crippen LogP contribution in [0.15, 0.2) is 48.7 Å². The van der Waals surface area contributed by atoms with E-state index in [2.05, 4.69) is 9.72 Å². The summed E-state index contributed by atoms with van der Waals surface area (Å²) in [5, 5.41) is 0.979. The Kier molecular flexibility index (Phi) is 4.70. The number of fused-ring (bicyclic) bond motifs is 1. The van der Waals surface area contributed by atoms with Gasteiger partial charge in [-0.1, -0.05) is 18.2 Å². The first-order valence-electron chi connectivity index (χ1n) is 7.64. The molecule has 0 atom stereocenters. The largest absolute Gasteiger partial charge is 0.493 e. The first-order chi connectivity index (χ1) is 12.1. The third-order valence-corrected chi connectivity index (χ3v) is 3.82. The highest BCUT2D eigenvalue weighted by Gasteiger charge is 2.15. The van der Waals surface area contributed by atoms with Gasteiger partial charge in [0.05, 0.1) is 26.2 Å². The third kappa shape index (κ3) is 3.47. The molecule has 0 unspecified atom stereocenters. The number of ether oxygens (including phenoxy) is 3. The molecule has 128 valence electrons. The molecule has 25 heavy (non-hydrogen) atoms. The van der Waals surface area contributed by atoms with Gasteiger partial charge in [0.1, 0.15) is 0 Å². The molecule has 0 fully saturated rings. The van der Waals surface area contributed by atoms with Crippen molar-refractivity contribution in [3.8, 4) is 11.5 Å². The number of aromatic amines is 1. The Morgan fingerprint density at radius 2 is 1.84 bits per heavy atom. The average Bonchev–Trinajstić information content (AvgIpc) is 3.04. The summed E-state index contributed by atoms with van der Waals surface area (Å²) in [5.74, 6) is -0.376. The van der Waals surface area contributed by atoms with Gasteiger partial charge in [-0.2, -0.15) is 0 Å². The number of carbonyl (C=O) groups excluding carboxylic acids is 2. The summed E-state index contributed by atoms with van der Waals surface area (Å²) in [6.45, 7) is 0. The number of nitrogens with one attached hydrogen (secondary N) is 1. The van der Waals surface area contributed by atoms with Crippen LogP contribution in [-0.4, -0.2) is 31.1 Å². The number of carbonyl (C=O) groups is 2. The van der Waals surface area contributed by atoms with Crippen molar-refractivity contribution in [1.82, 2.24) is 4.98 Å². The van der Waals surface area contributed by atoms with Gasteiger partial charge >= 0.3 is 11.9 Å². The van der Waals surface area contributed by atoms with Crippen molar-refractivity contribution in [1.29, 1.82) is 0 Å². The van der Waals surface area contributed by atoms with E-state index in [1.54, 1.807) is 6.20 Å². The molecule has 3 aromatic rings. The molecule has 0 bridgehead atoms. The summed E-state index contributed by atoms with van der Waals surface area (Å²) in [4.78, 5) is 27.0. The van der Waals surface area contributed by atoms with E-state index in [1.165, 1.54) is 32.4 Å². The molecule has 6 nitrogen and oxygen atoms in total. The molecule has 0 aliphatic heterocycles. The highest BCUT2D eigenvalue weighted by atomic mass is 16.6. The fourth-order valence-corrected chi connectivity index (χ4v) is 2.59. The highest BCUT2D eigenvalue weighted by Crippen LogP contribution is 2.29. The Balaban J connectivity index is 1.77. The monoisotopic (exact) mass is 339 g/mol. The molecule has 2 aromatic carbocycles. The lowest BCUT2D eigenvalue weighted by Crippen LogP contribution is -2.12. The van der Waals surface area contributed by atoms with Crippen LogP contribution in [0.3, 0.4) is 0 Å². The summed E-state index contributed by atoms with van der Waals surface area (Å²) in [5.41, 5.74) is 2.13. The van der Waals surface area contributed by atoms with Crippen molar-refractivity contribution < 1.29 is 23.8 Å². The van der Waals surface area contributed by atoms with E-state index in [-0.39, 0.29) is 17.9 Å². The maximum absolute atomic E-state index is 12.3. The Morgan fingerprint density at radius 3 is 2.60 bits per heavy atom. The lowest BCUT2D eigenvalue weighted by atomic mass is 10.1. The quantitative estimate of drug-likeness (QED) is 0.571. The van der Waals surface area contributed by atoms with Crippen molar-refractivity contribution in [2.45, 2.75) is 6.42 Å². The van der Waals surface area contributed by atoms with Crippen LogP contribution >= 0.6 is 0 Å². The van der Waals surface area contributed by atoms with Crippen molar-refractivity contribution in [3.63, 3.8) is 0 Å². The van der Waals surface area contributed by atoms with Gasteiger partial charge in [-0.25, -0.2) is 4.79 Å². The summed E-state index contributed by atoms with van der Waals surface area (Å²) in [7, 11) is 2.73. The van der Waals surface area contributed by atoms with E-state index < -0.39 is 11.9 Å². The van der Waals surface area contributed by atoms with E-state index in [0.29, 0.717) is 5.56 Å². The Labute approximate surface area is 144 Å². The molecule has 0 radical (unpaired) electrons. The van der Waals surface area contributed by atoms with Gasteiger partial charge in [-0.15, -0.1) is 0 Å². The number of esters is 2. The smallest absolute Gasteiger partial charge is 0.337 e. The van der Waals surface area contributed by atoms with Crippen LogP contribution in [0.1, 0.15) is 15.9 Å². The zero-order valence-electron chi connectivity index (χ0n) is 13.9. The van der Waals surface area contributed by atoms with Gasteiger partial charge in [-0.05, 0) is 29.8 Å². The molecule has 1 N–H and O–H groups in total. The lowest BCUT2D eigenvalue weighted by molar-refractivity contribution is -0.133. The van der Waals surface area contributed by atoms with Crippen molar-refractivity contribution >= 4 is 22.8 Å². The normalized spacial score (nSPS) is 10.5. The zero-order chi connectivity index (χ0) is 17.8. The maximum Gasteiger partial charge on any atom is 0.337 e. The number of para-hydroxylation sites is 1. The van der Waals surface area contributed by atoms with Crippen LogP contribution < -0.4 is 9.47 Å².